The van der Waals surface area contributed by atoms with E-state index in [4.69, 9.17) is 4.74 Å². The summed E-state index contributed by atoms with van der Waals surface area (Å²) in [5.41, 5.74) is 4.49. The zero-order valence-corrected chi connectivity index (χ0v) is 17.6. The van der Waals surface area contributed by atoms with Crippen molar-refractivity contribution in [3.63, 3.8) is 0 Å². The van der Waals surface area contributed by atoms with Crippen LogP contribution in [0.15, 0.2) is 73.1 Å². The van der Waals surface area contributed by atoms with Crippen LogP contribution in [0.2, 0.25) is 0 Å². The molecule has 0 bridgehead atoms. The third-order valence-corrected chi connectivity index (χ3v) is 4.67. The summed E-state index contributed by atoms with van der Waals surface area (Å²) in [5.74, 6) is -0.131. The molecule has 2 aromatic heterocycles. The summed E-state index contributed by atoms with van der Waals surface area (Å²) in [5, 5.41) is 7.45. The molecule has 0 atom stereocenters. The summed E-state index contributed by atoms with van der Waals surface area (Å²) in [4.78, 5) is 32.1. The first-order valence-corrected chi connectivity index (χ1v) is 9.98. The zero-order chi connectivity index (χ0) is 22.5. The van der Waals surface area contributed by atoms with Gasteiger partial charge in [-0.25, -0.2) is 9.97 Å². The first-order chi connectivity index (χ1) is 15.5. The normalized spacial score (nSPS) is 10.6. The molecule has 1 N–H and O–H groups in total. The predicted molar refractivity (Wildman–Crippen MR) is 120 cm³/mol. The molecule has 0 aliphatic rings. The smallest absolute Gasteiger partial charge is 0.302 e. The quantitative estimate of drug-likeness (QED) is 0.453. The lowest BCUT2D eigenvalue weighted by atomic mass is 10.1. The van der Waals surface area contributed by atoms with Crippen molar-refractivity contribution < 1.29 is 14.3 Å². The Kier molecular flexibility index (Phi) is 6.03. The zero-order valence-electron chi connectivity index (χ0n) is 17.6. The molecule has 0 amide bonds. The number of nitrogens with zero attached hydrogens (tertiary/aromatic N) is 4. The third kappa shape index (κ3) is 4.70. The molecule has 8 heteroatoms. The Morgan fingerprint density at radius 3 is 2.59 bits per heavy atom. The topological polar surface area (TPSA) is 99.0 Å². The van der Waals surface area contributed by atoms with Crippen LogP contribution in [0, 0.1) is 0 Å². The van der Waals surface area contributed by atoms with Crippen molar-refractivity contribution in [3.8, 4) is 22.5 Å². The number of carbonyl (C=O) groups is 2. The lowest BCUT2D eigenvalue weighted by Gasteiger charge is -2.10. The van der Waals surface area contributed by atoms with Crippen LogP contribution in [-0.4, -0.2) is 31.6 Å². The summed E-state index contributed by atoms with van der Waals surface area (Å²) in [7, 11) is 0. The van der Waals surface area contributed by atoms with Crippen LogP contribution in [0.1, 0.15) is 24.2 Å². The van der Waals surface area contributed by atoms with Crippen molar-refractivity contribution in [2.24, 2.45) is 0 Å². The van der Waals surface area contributed by atoms with Gasteiger partial charge in [-0.05, 0) is 23.8 Å². The highest BCUT2D eigenvalue weighted by Gasteiger charge is 2.18. The average Bonchev–Trinajstić information content (AvgIpc) is 3.24. The second-order valence-electron chi connectivity index (χ2n) is 7.07. The molecule has 0 aliphatic carbocycles. The van der Waals surface area contributed by atoms with E-state index >= 15 is 0 Å². The van der Waals surface area contributed by atoms with Gasteiger partial charge in [-0.2, -0.15) is 9.78 Å². The van der Waals surface area contributed by atoms with E-state index in [-0.39, 0.29) is 18.5 Å². The van der Waals surface area contributed by atoms with Gasteiger partial charge in [0.1, 0.15) is 6.61 Å². The van der Waals surface area contributed by atoms with Crippen LogP contribution in [0.4, 0.5) is 11.6 Å². The van der Waals surface area contributed by atoms with Gasteiger partial charge in [-0.1, -0.05) is 42.5 Å². The van der Waals surface area contributed by atoms with Gasteiger partial charge in [-0.3, -0.25) is 9.59 Å². The van der Waals surface area contributed by atoms with E-state index in [1.807, 2.05) is 54.6 Å². The minimum absolute atomic E-state index is 0.188. The Morgan fingerprint density at radius 2 is 1.84 bits per heavy atom. The number of hydrogen-bond donors (Lipinski definition) is 1. The van der Waals surface area contributed by atoms with Crippen molar-refractivity contribution in [2.45, 2.75) is 20.5 Å². The molecule has 160 valence electrons. The number of carbonyl (C=O) groups excluding carboxylic acids is 2. The Hall–Kier alpha value is -4.33. The van der Waals surface area contributed by atoms with Gasteiger partial charge in [0.05, 0.1) is 17.6 Å². The molecule has 8 nitrogen and oxygen atoms in total. The highest BCUT2D eigenvalue weighted by atomic mass is 16.5. The molecule has 4 rings (SSSR count). The lowest BCUT2D eigenvalue weighted by Crippen LogP contribution is -2.09. The van der Waals surface area contributed by atoms with Crippen molar-refractivity contribution >= 4 is 23.5 Å². The molecular formula is C24H21N5O3. The molecule has 2 aromatic carbocycles. The van der Waals surface area contributed by atoms with E-state index in [1.54, 1.807) is 18.5 Å². The number of nitrogens with one attached hydrogen (secondary N) is 1. The van der Waals surface area contributed by atoms with Gasteiger partial charge in [0.25, 0.3) is 0 Å². The fourth-order valence-corrected chi connectivity index (χ4v) is 3.27. The van der Waals surface area contributed by atoms with E-state index in [1.165, 1.54) is 18.5 Å². The van der Waals surface area contributed by atoms with Gasteiger partial charge < -0.3 is 10.1 Å². The Bertz CT molecular complexity index is 1270. The minimum atomic E-state index is -0.334. The molecule has 4 aromatic rings. The molecule has 2 heterocycles. The van der Waals surface area contributed by atoms with Gasteiger partial charge in [0.2, 0.25) is 11.9 Å². The first-order valence-electron chi connectivity index (χ1n) is 9.98. The lowest BCUT2D eigenvalue weighted by molar-refractivity contribution is -0.142. The fraction of sp³-hybridized carbons (Fsp3) is 0.125. The number of rotatable bonds is 6. The molecule has 0 spiro atoms. The largest absolute Gasteiger partial charge is 0.461 e. The van der Waals surface area contributed by atoms with Crippen LogP contribution in [-0.2, 0) is 16.1 Å². The van der Waals surface area contributed by atoms with Crippen molar-refractivity contribution in [1.29, 1.82) is 0 Å². The van der Waals surface area contributed by atoms with Crippen LogP contribution in [0.5, 0.6) is 0 Å². The van der Waals surface area contributed by atoms with Gasteiger partial charge >= 0.3 is 5.97 Å². The molecule has 0 fully saturated rings. The Morgan fingerprint density at radius 1 is 1.03 bits per heavy atom. The van der Waals surface area contributed by atoms with Crippen molar-refractivity contribution in [3.05, 3.63) is 78.6 Å². The van der Waals surface area contributed by atoms with Gasteiger partial charge in [0, 0.05) is 36.9 Å². The molecule has 0 unspecified atom stereocenters. The van der Waals surface area contributed by atoms with E-state index in [0.29, 0.717) is 17.3 Å². The highest BCUT2D eigenvalue weighted by molar-refractivity contribution is 5.88. The van der Waals surface area contributed by atoms with Crippen LogP contribution in [0.3, 0.4) is 0 Å². The number of anilines is 2. The standard InChI is InChI=1S/C24H21N5O3/c1-16(30)29-23(19-8-4-3-5-9-19)21(14-26-29)22-11-12-25-24(28-22)27-20-10-6-7-18(13-20)15-32-17(2)31/h3-14H,15H2,1-2H3,(H,25,27,28). The van der Waals surface area contributed by atoms with Gasteiger partial charge in [-0.15, -0.1) is 0 Å². The maximum atomic E-state index is 12.1. The summed E-state index contributed by atoms with van der Waals surface area (Å²) in [6.07, 6.45) is 3.28. The van der Waals surface area contributed by atoms with E-state index in [9.17, 15) is 9.59 Å². The first kappa shape index (κ1) is 20.9. The second kappa shape index (κ2) is 9.22. The second-order valence-corrected chi connectivity index (χ2v) is 7.07. The predicted octanol–water partition coefficient (Wildman–Crippen LogP) is 4.47. The van der Waals surface area contributed by atoms with E-state index in [0.717, 1.165) is 22.4 Å². The maximum Gasteiger partial charge on any atom is 0.302 e. The van der Waals surface area contributed by atoms with Crippen molar-refractivity contribution in [2.75, 3.05) is 5.32 Å². The van der Waals surface area contributed by atoms with E-state index in [2.05, 4.69) is 20.4 Å². The average molecular weight is 427 g/mol. The Balaban J connectivity index is 1.66. The summed E-state index contributed by atoms with van der Waals surface area (Å²) >= 11 is 0. The third-order valence-electron chi connectivity index (χ3n) is 4.67. The summed E-state index contributed by atoms with van der Waals surface area (Å²) < 4.78 is 6.43. The van der Waals surface area contributed by atoms with Crippen molar-refractivity contribution in [1.82, 2.24) is 19.7 Å². The minimum Gasteiger partial charge on any atom is -0.461 e. The highest BCUT2D eigenvalue weighted by Crippen LogP contribution is 2.31. The molecule has 0 aliphatic heterocycles. The Labute approximate surface area is 184 Å². The fourth-order valence-electron chi connectivity index (χ4n) is 3.27. The van der Waals surface area contributed by atoms with Crippen LogP contribution < -0.4 is 5.32 Å². The molecular weight excluding hydrogens is 406 g/mol. The number of hydrogen-bond acceptors (Lipinski definition) is 7. The van der Waals surface area contributed by atoms with Crippen LogP contribution >= 0.6 is 0 Å². The summed E-state index contributed by atoms with van der Waals surface area (Å²) in [6.45, 7) is 3.04. The number of esters is 1. The maximum absolute atomic E-state index is 12.1. The summed E-state index contributed by atoms with van der Waals surface area (Å²) in [6, 6.07) is 18.8. The monoisotopic (exact) mass is 427 g/mol. The van der Waals surface area contributed by atoms with Gasteiger partial charge in [0.15, 0.2) is 0 Å². The SMILES string of the molecule is CC(=O)OCc1cccc(Nc2nccc(-c3cnn(C(C)=O)c3-c3ccccc3)n2)c1. The number of ether oxygens (including phenoxy) is 1. The molecule has 0 saturated carbocycles. The number of aromatic nitrogens is 4. The molecule has 32 heavy (non-hydrogen) atoms. The van der Waals surface area contributed by atoms with Crippen LogP contribution in [0.25, 0.3) is 22.5 Å². The number of benzene rings is 2. The molecule has 0 radical (unpaired) electrons. The van der Waals surface area contributed by atoms with E-state index < -0.39 is 0 Å². The molecule has 0 saturated heterocycles.